The van der Waals surface area contributed by atoms with Crippen LogP contribution in [0, 0.1) is 0 Å². The first-order valence-electron chi connectivity index (χ1n) is 8.28. The Bertz CT molecular complexity index is 917. The molecule has 2 aromatic carbocycles. The molecule has 0 bridgehead atoms. The molecular weight excluding hydrogens is 352 g/mol. The van der Waals surface area contributed by atoms with Crippen molar-refractivity contribution in [3.05, 3.63) is 77.6 Å². The van der Waals surface area contributed by atoms with Gasteiger partial charge in [-0.2, -0.15) is 0 Å². The standard InChI is InChI=1S/C20H17ClN2O3/c21-14-6-8-15(9-7-14)26-16-12-23(13-16)18-5-3-4-17(20(24)25)19(18)22-10-1-2-11-22/h1-11,16H,12-13H2,(H,24,25). The van der Waals surface area contributed by atoms with E-state index in [4.69, 9.17) is 16.3 Å². The number of hydrogen-bond acceptors (Lipinski definition) is 3. The third kappa shape index (κ3) is 3.13. The summed E-state index contributed by atoms with van der Waals surface area (Å²) >= 11 is 5.89. The SMILES string of the molecule is O=C(O)c1cccc(N2CC(Oc3ccc(Cl)cc3)C2)c1-n1cccc1. The highest BCUT2D eigenvalue weighted by molar-refractivity contribution is 6.30. The molecule has 1 aliphatic rings. The number of nitrogens with zero attached hydrogens (tertiary/aromatic N) is 2. The van der Waals surface area contributed by atoms with E-state index in [-0.39, 0.29) is 11.7 Å². The van der Waals surface area contributed by atoms with Crippen LogP contribution in [0.3, 0.4) is 0 Å². The summed E-state index contributed by atoms with van der Waals surface area (Å²) < 4.78 is 7.78. The summed E-state index contributed by atoms with van der Waals surface area (Å²) in [6.07, 6.45) is 3.77. The smallest absolute Gasteiger partial charge is 0.337 e. The lowest BCUT2D eigenvalue weighted by Gasteiger charge is -2.41. The number of carboxylic acid groups (broad SMARTS) is 1. The molecule has 0 radical (unpaired) electrons. The fourth-order valence-corrected chi connectivity index (χ4v) is 3.26. The number of rotatable bonds is 5. The highest BCUT2D eigenvalue weighted by Gasteiger charge is 2.31. The molecule has 6 heteroatoms. The minimum Gasteiger partial charge on any atom is -0.487 e. The molecule has 1 aliphatic heterocycles. The van der Waals surface area contributed by atoms with Crippen LogP contribution in [0.5, 0.6) is 5.75 Å². The van der Waals surface area contributed by atoms with Crippen LogP contribution in [-0.4, -0.2) is 34.8 Å². The summed E-state index contributed by atoms with van der Waals surface area (Å²) in [5.74, 6) is -0.158. The van der Waals surface area contributed by atoms with E-state index in [2.05, 4.69) is 4.90 Å². The predicted molar refractivity (Wildman–Crippen MR) is 101 cm³/mol. The Morgan fingerprint density at radius 3 is 2.38 bits per heavy atom. The first kappa shape index (κ1) is 16.5. The van der Waals surface area contributed by atoms with E-state index in [0.29, 0.717) is 23.8 Å². The molecule has 0 saturated carbocycles. The Hall–Kier alpha value is -2.92. The van der Waals surface area contributed by atoms with Gasteiger partial charge in [0.05, 0.1) is 30.0 Å². The third-order valence-corrected chi connectivity index (χ3v) is 4.66. The zero-order valence-electron chi connectivity index (χ0n) is 13.9. The summed E-state index contributed by atoms with van der Waals surface area (Å²) in [5.41, 5.74) is 1.84. The molecule has 0 amide bonds. The van der Waals surface area contributed by atoms with Crippen LogP contribution in [0.2, 0.25) is 5.02 Å². The quantitative estimate of drug-likeness (QED) is 0.736. The summed E-state index contributed by atoms with van der Waals surface area (Å²) in [5, 5.41) is 10.2. The van der Waals surface area contributed by atoms with Gasteiger partial charge in [0, 0.05) is 17.4 Å². The molecule has 5 nitrogen and oxygen atoms in total. The minimum absolute atomic E-state index is 0.0576. The lowest BCUT2D eigenvalue weighted by molar-refractivity contribution is 0.0697. The number of aromatic carboxylic acids is 1. The molecule has 1 saturated heterocycles. The zero-order valence-corrected chi connectivity index (χ0v) is 14.6. The summed E-state index contributed by atoms with van der Waals surface area (Å²) in [6.45, 7) is 1.39. The van der Waals surface area contributed by atoms with Gasteiger partial charge in [0.2, 0.25) is 0 Å². The Morgan fingerprint density at radius 1 is 1.04 bits per heavy atom. The maximum absolute atomic E-state index is 11.7. The zero-order chi connectivity index (χ0) is 18.1. The highest BCUT2D eigenvalue weighted by Crippen LogP contribution is 2.32. The van der Waals surface area contributed by atoms with E-state index in [1.165, 1.54) is 0 Å². The van der Waals surface area contributed by atoms with E-state index < -0.39 is 5.97 Å². The Morgan fingerprint density at radius 2 is 1.73 bits per heavy atom. The van der Waals surface area contributed by atoms with Crippen molar-refractivity contribution in [1.29, 1.82) is 0 Å². The molecule has 1 fully saturated rings. The van der Waals surface area contributed by atoms with E-state index in [1.807, 2.05) is 47.3 Å². The van der Waals surface area contributed by atoms with Gasteiger partial charge in [-0.1, -0.05) is 17.7 Å². The topological polar surface area (TPSA) is 54.7 Å². The number of carbonyl (C=O) groups is 1. The lowest BCUT2D eigenvalue weighted by Crippen LogP contribution is -2.54. The molecule has 2 heterocycles. The molecule has 4 rings (SSSR count). The summed E-state index contributed by atoms with van der Waals surface area (Å²) in [6, 6.07) is 16.4. The van der Waals surface area contributed by atoms with Gasteiger partial charge in [-0.15, -0.1) is 0 Å². The predicted octanol–water partition coefficient (Wildman–Crippen LogP) is 4.10. The Balaban J connectivity index is 1.55. The maximum atomic E-state index is 11.7. The molecular formula is C20H17ClN2O3. The molecule has 1 N–H and O–H groups in total. The lowest BCUT2D eigenvalue weighted by atomic mass is 10.1. The molecule has 0 atom stereocenters. The number of hydrogen-bond donors (Lipinski definition) is 1. The van der Waals surface area contributed by atoms with Gasteiger partial charge >= 0.3 is 5.97 Å². The minimum atomic E-state index is -0.940. The average Bonchev–Trinajstić information content (AvgIpc) is 3.13. The second-order valence-electron chi connectivity index (χ2n) is 6.17. The number of halogens is 1. The van der Waals surface area contributed by atoms with Crippen LogP contribution < -0.4 is 9.64 Å². The molecule has 1 aromatic heterocycles. The number of carboxylic acids is 1. The van der Waals surface area contributed by atoms with Crippen molar-refractivity contribution < 1.29 is 14.6 Å². The van der Waals surface area contributed by atoms with Crippen molar-refractivity contribution >= 4 is 23.3 Å². The van der Waals surface area contributed by atoms with Gasteiger partial charge in [-0.05, 0) is 48.5 Å². The summed E-state index contributed by atoms with van der Waals surface area (Å²) in [4.78, 5) is 13.8. The molecule has 3 aromatic rings. The number of ether oxygens (including phenoxy) is 1. The highest BCUT2D eigenvalue weighted by atomic mass is 35.5. The molecule has 0 aliphatic carbocycles. The molecule has 26 heavy (non-hydrogen) atoms. The largest absolute Gasteiger partial charge is 0.487 e. The van der Waals surface area contributed by atoms with Crippen molar-refractivity contribution in [3.63, 3.8) is 0 Å². The normalized spacial score (nSPS) is 14.1. The van der Waals surface area contributed by atoms with E-state index in [0.717, 1.165) is 11.4 Å². The van der Waals surface area contributed by atoms with Crippen LogP contribution in [0.4, 0.5) is 5.69 Å². The van der Waals surface area contributed by atoms with Crippen molar-refractivity contribution in [2.45, 2.75) is 6.10 Å². The van der Waals surface area contributed by atoms with Crippen LogP contribution in [-0.2, 0) is 0 Å². The average molecular weight is 369 g/mol. The van der Waals surface area contributed by atoms with Crippen LogP contribution in [0.25, 0.3) is 5.69 Å². The van der Waals surface area contributed by atoms with Gasteiger partial charge in [0.15, 0.2) is 0 Å². The summed E-state index contributed by atoms with van der Waals surface area (Å²) in [7, 11) is 0. The van der Waals surface area contributed by atoms with E-state index >= 15 is 0 Å². The van der Waals surface area contributed by atoms with Gasteiger partial charge in [0.1, 0.15) is 11.9 Å². The number of para-hydroxylation sites is 1. The Kier molecular flexibility index (Phi) is 4.31. The first-order valence-corrected chi connectivity index (χ1v) is 8.66. The Labute approximate surface area is 156 Å². The number of aromatic nitrogens is 1. The van der Waals surface area contributed by atoms with Gasteiger partial charge in [0.25, 0.3) is 0 Å². The maximum Gasteiger partial charge on any atom is 0.337 e. The van der Waals surface area contributed by atoms with Gasteiger partial charge in [-0.25, -0.2) is 4.79 Å². The second-order valence-corrected chi connectivity index (χ2v) is 6.60. The van der Waals surface area contributed by atoms with Crippen molar-refractivity contribution in [2.75, 3.05) is 18.0 Å². The van der Waals surface area contributed by atoms with Crippen LogP contribution in [0.1, 0.15) is 10.4 Å². The van der Waals surface area contributed by atoms with Crippen molar-refractivity contribution in [1.82, 2.24) is 4.57 Å². The third-order valence-electron chi connectivity index (χ3n) is 4.41. The fourth-order valence-electron chi connectivity index (χ4n) is 3.13. The molecule has 0 unspecified atom stereocenters. The second kappa shape index (κ2) is 6.77. The van der Waals surface area contributed by atoms with Crippen molar-refractivity contribution in [3.8, 4) is 11.4 Å². The van der Waals surface area contributed by atoms with Crippen molar-refractivity contribution in [2.24, 2.45) is 0 Å². The first-order chi connectivity index (χ1) is 12.6. The fraction of sp³-hybridized carbons (Fsp3) is 0.150. The molecule has 0 spiro atoms. The molecule has 132 valence electrons. The van der Waals surface area contributed by atoms with Gasteiger partial charge in [-0.3, -0.25) is 0 Å². The van der Waals surface area contributed by atoms with Crippen LogP contribution in [0.15, 0.2) is 67.0 Å². The number of anilines is 1. The number of benzene rings is 2. The van der Waals surface area contributed by atoms with E-state index in [1.54, 1.807) is 24.3 Å². The van der Waals surface area contributed by atoms with E-state index in [9.17, 15) is 9.90 Å². The van der Waals surface area contributed by atoms with Gasteiger partial charge < -0.3 is 19.3 Å². The monoisotopic (exact) mass is 368 g/mol. The van der Waals surface area contributed by atoms with Crippen LogP contribution >= 0.6 is 11.6 Å².